The summed E-state index contributed by atoms with van der Waals surface area (Å²) in [7, 11) is 0. The maximum atomic E-state index is 11.9. The number of H-pyrrole nitrogens is 1. The van der Waals surface area contributed by atoms with Gasteiger partial charge in [0.05, 0.1) is 11.8 Å². The molecule has 19 heavy (non-hydrogen) atoms. The van der Waals surface area contributed by atoms with Crippen molar-refractivity contribution in [3.63, 3.8) is 0 Å². The second-order valence-corrected chi connectivity index (χ2v) is 4.18. The second kappa shape index (κ2) is 4.89. The van der Waals surface area contributed by atoms with E-state index in [2.05, 4.69) is 20.5 Å². The molecule has 2 heterocycles. The number of hydrogen-bond acceptors (Lipinski definition) is 3. The average Bonchev–Trinajstić information content (AvgIpc) is 2.83. The predicted octanol–water partition coefficient (Wildman–Crippen LogP) is 2.14. The minimum absolute atomic E-state index is 0.0828. The summed E-state index contributed by atoms with van der Waals surface area (Å²) in [5, 5.41) is 10.4. The number of pyridine rings is 1. The van der Waals surface area contributed by atoms with Gasteiger partial charge in [0.1, 0.15) is 5.82 Å². The van der Waals surface area contributed by atoms with Crippen LogP contribution in [0.1, 0.15) is 5.56 Å². The number of fused-ring (bicyclic) bond motifs is 1. The Hall–Kier alpha value is -2.69. The van der Waals surface area contributed by atoms with E-state index in [9.17, 15) is 4.79 Å². The molecule has 2 aromatic heterocycles. The lowest BCUT2D eigenvalue weighted by molar-refractivity contribution is -0.115. The van der Waals surface area contributed by atoms with Gasteiger partial charge in [0.2, 0.25) is 5.91 Å². The first-order valence-electron chi connectivity index (χ1n) is 5.96. The number of aromatic nitrogens is 3. The predicted molar refractivity (Wildman–Crippen MR) is 72.7 cm³/mol. The fourth-order valence-electron chi connectivity index (χ4n) is 1.91. The lowest BCUT2D eigenvalue weighted by Crippen LogP contribution is -2.14. The van der Waals surface area contributed by atoms with Gasteiger partial charge in [-0.3, -0.25) is 9.89 Å². The zero-order chi connectivity index (χ0) is 13.1. The van der Waals surface area contributed by atoms with Crippen molar-refractivity contribution < 1.29 is 4.79 Å². The molecular formula is C14H12N4O. The van der Waals surface area contributed by atoms with Crippen LogP contribution in [0.3, 0.4) is 0 Å². The van der Waals surface area contributed by atoms with Crippen molar-refractivity contribution in [3.8, 4) is 0 Å². The van der Waals surface area contributed by atoms with E-state index in [-0.39, 0.29) is 5.91 Å². The molecule has 3 rings (SSSR count). The van der Waals surface area contributed by atoms with E-state index in [4.69, 9.17) is 0 Å². The summed E-state index contributed by atoms with van der Waals surface area (Å²) in [6.07, 6.45) is 2.00. The third kappa shape index (κ3) is 2.44. The largest absolute Gasteiger partial charge is 0.310 e. The van der Waals surface area contributed by atoms with Crippen LogP contribution >= 0.6 is 0 Å². The van der Waals surface area contributed by atoms with Crippen LogP contribution < -0.4 is 5.32 Å². The number of rotatable bonds is 3. The highest BCUT2D eigenvalue weighted by atomic mass is 16.1. The van der Waals surface area contributed by atoms with Gasteiger partial charge in [-0.25, -0.2) is 4.98 Å². The van der Waals surface area contributed by atoms with Crippen molar-refractivity contribution in [2.45, 2.75) is 6.42 Å². The van der Waals surface area contributed by atoms with Gasteiger partial charge in [0, 0.05) is 6.20 Å². The number of anilines is 1. The first-order chi connectivity index (χ1) is 9.33. The fourth-order valence-corrected chi connectivity index (χ4v) is 1.91. The van der Waals surface area contributed by atoms with Gasteiger partial charge in [-0.2, -0.15) is 5.10 Å². The molecule has 0 spiro atoms. The monoisotopic (exact) mass is 252 g/mol. The van der Waals surface area contributed by atoms with Gasteiger partial charge in [-0.05, 0) is 17.7 Å². The summed E-state index contributed by atoms with van der Waals surface area (Å²) < 4.78 is 0. The molecule has 0 saturated carbocycles. The van der Waals surface area contributed by atoms with Crippen molar-refractivity contribution in [1.82, 2.24) is 15.2 Å². The Bertz CT molecular complexity index is 706. The van der Waals surface area contributed by atoms with Crippen LogP contribution in [0.15, 0.2) is 48.7 Å². The Kier molecular flexibility index (Phi) is 2.94. The third-order valence-electron chi connectivity index (χ3n) is 2.80. The van der Waals surface area contributed by atoms with Crippen molar-refractivity contribution in [3.05, 3.63) is 54.2 Å². The molecule has 0 bridgehead atoms. The zero-order valence-corrected chi connectivity index (χ0v) is 10.1. The maximum Gasteiger partial charge on any atom is 0.229 e. The Labute approximate surface area is 109 Å². The maximum absolute atomic E-state index is 11.9. The van der Waals surface area contributed by atoms with Gasteiger partial charge < -0.3 is 5.32 Å². The van der Waals surface area contributed by atoms with Crippen LogP contribution in [-0.2, 0) is 11.2 Å². The van der Waals surface area contributed by atoms with E-state index in [1.807, 2.05) is 42.5 Å². The van der Waals surface area contributed by atoms with E-state index in [0.717, 1.165) is 10.9 Å². The van der Waals surface area contributed by atoms with Crippen molar-refractivity contribution in [1.29, 1.82) is 0 Å². The molecule has 2 N–H and O–H groups in total. The van der Waals surface area contributed by atoms with E-state index in [1.165, 1.54) is 0 Å². The van der Waals surface area contributed by atoms with Gasteiger partial charge >= 0.3 is 0 Å². The number of hydrogen-bond donors (Lipinski definition) is 2. The highest BCUT2D eigenvalue weighted by Gasteiger charge is 2.09. The number of carbonyl (C=O) groups is 1. The minimum atomic E-state index is -0.0828. The molecular weight excluding hydrogens is 240 g/mol. The van der Waals surface area contributed by atoms with E-state index >= 15 is 0 Å². The molecule has 3 aromatic rings. The summed E-state index contributed by atoms with van der Waals surface area (Å²) in [6, 6.07) is 13.3. The Morgan fingerprint density at radius 2 is 2.00 bits per heavy atom. The van der Waals surface area contributed by atoms with Gasteiger partial charge in [-0.1, -0.05) is 30.3 Å². The summed E-state index contributed by atoms with van der Waals surface area (Å²) in [6.45, 7) is 0. The van der Waals surface area contributed by atoms with Gasteiger partial charge in [0.15, 0.2) is 5.65 Å². The Morgan fingerprint density at radius 1 is 1.16 bits per heavy atom. The lowest BCUT2D eigenvalue weighted by atomic mass is 10.1. The number of aromatic amines is 1. The Balaban J connectivity index is 1.76. The van der Waals surface area contributed by atoms with Crippen LogP contribution in [0.25, 0.3) is 11.0 Å². The summed E-state index contributed by atoms with van der Waals surface area (Å²) in [5.41, 5.74) is 1.57. The molecule has 5 heteroatoms. The first kappa shape index (κ1) is 11.4. The van der Waals surface area contributed by atoms with Crippen LogP contribution in [0.2, 0.25) is 0 Å². The number of nitrogens with zero attached hydrogens (tertiary/aromatic N) is 2. The number of nitrogens with one attached hydrogen (secondary N) is 2. The van der Waals surface area contributed by atoms with Gasteiger partial charge in [0.25, 0.3) is 0 Å². The average molecular weight is 252 g/mol. The number of carbonyl (C=O) groups excluding carboxylic acids is 1. The second-order valence-electron chi connectivity index (χ2n) is 4.18. The molecule has 0 radical (unpaired) electrons. The Morgan fingerprint density at radius 3 is 2.84 bits per heavy atom. The van der Waals surface area contributed by atoms with E-state index < -0.39 is 0 Å². The summed E-state index contributed by atoms with van der Waals surface area (Å²) >= 11 is 0. The topological polar surface area (TPSA) is 70.7 Å². The zero-order valence-electron chi connectivity index (χ0n) is 10.1. The van der Waals surface area contributed by atoms with E-state index in [0.29, 0.717) is 17.9 Å². The molecule has 0 saturated heterocycles. The first-order valence-corrected chi connectivity index (χ1v) is 5.96. The van der Waals surface area contributed by atoms with Crippen LogP contribution in [-0.4, -0.2) is 21.1 Å². The van der Waals surface area contributed by atoms with Crippen molar-refractivity contribution in [2.24, 2.45) is 0 Å². The molecule has 5 nitrogen and oxygen atoms in total. The molecule has 0 aliphatic heterocycles. The SMILES string of the molecule is O=C(Cc1ccccc1)Nc1[nH]nc2ncccc12. The molecule has 0 aliphatic carbocycles. The van der Waals surface area contributed by atoms with E-state index in [1.54, 1.807) is 6.20 Å². The van der Waals surface area contributed by atoms with Gasteiger partial charge in [-0.15, -0.1) is 0 Å². The summed E-state index contributed by atoms with van der Waals surface area (Å²) in [4.78, 5) is 16.0. The number of benzene rings is 1. The summed E-state index contributed by atoms with van der Waals surface area (Å²) in [5.74, 6) is 0.504. The smallest absolute Gasteiger partial charge is 0.229 e. The molecule has 1 aromatic carbocycles. The van der Waals surface area contributed by atoms with Crippen molar-refractivity contribution in [2.75, 3.05) is 5.32 Å². The normalized spacial score (nSPS) is 10.5. The molecule has 0 aliphatic rings. The molecule has 94 valence electrons. The number of amides is 1. The lowest BCUT2D eigenvalue weighted by Gasteiger charge is -2.03. The quantitative estimate of drug-likeness (QED) is 0.750. The molecule has 1 amide bonds. The highest BCUT2D eigenvalue weighted by molar-refractivity contribution is 5.99. The third-order valence-corrected chi connectivity index (χ3v) is 2.80. The highest BCUT2D eigenvalue weighted by Crippen LogP contribution is 2.17. The van der Waals surface area contributed by atoms with Crippen molar-refractivity contribution >= 4 is 22.8 Å². The van der Waals surface area contributed by atoms with Crippen LogP contribution in [0.5, 0.6) is 0 Å². The molecule has 0 fully saturated rings. The minimum Gasteiger partial charge on any atom is -0.310 e. The molecule has 0 atom stereocenters. The molecule has 0 unspecified atom stereocenters. The van der Waals surface area contributed by atoms with Crippen LogP contribution in [0, 0.1) is 0 Å². The van der Waals surface area contributed by atoms with Crippen LogP contribution in [0.4, 0.5) is 5.82 Å². The standard InChI is InChI=1S/C14H12N4O/c19-12(9-10-5-2-1-3-6-10)16-14-11-7-4-8-15-13(11)17-18-14/h1-8H,9H2,(H2,15,16,17,18,19). The fraction of sp³-hybridized carbons (Fsp3) is 0.0714.